The van der Waals surface area contributed by atoms with Crippen LogP contribution in [0.15, 0.2) is 24.3 Å². The second kappa shape index (κ2) is 5.87. The van der Waals surface area contributed by atoms with Gasteiger partial charge in [0.25, 0.3) is 5.91 Å². The lowest BCUT2D eigenvalue weighted by Gasteiger charge is -2.24. The van der Waals surface area contributed by atoms with E-state index in [1.165, 1.54) is 0 Å². The first-order valence-electron chi connectivity index (χ1n) is 6.64. The third-order valence-corrected chi connectivity index (χ3v) is 3.42. The summed E-state index contributed by atoms with van der Waals surface area (Å²) in [6.07, 6.45) is 2.08. The maximum Gasteiger partial charge on any atom is 0.309 e. The lowest BCUT2D eigenvalue weighted by Crippen LogP contribution is -2.34. The van der Waals surface area contributed by atoms with Crippen LogP contribution in [0.3, 0.4) is 0 Å². The van der Waals surface area contributed by atoms with E-state index in [-0.39, 0.29) is 17.8 Å². The summed E-state index contributed by atoms with van der Waals surface area (Å²) < 4.78 is 5.16. The quantitative estimate of drug-likeness (QED) is 0.848. The maximum absolute atomic E-state index is 11.9. The Hall–Kier alpha value is -1.84. The molecule has 1 N–H and O–H groups in total. The van der Waals surface area contributed by atoms with Gasteiger partial charge in [0.15, 0.2) is 6.10 Å². The molecule has 0 unspecified atom stereocenters. The average molecular weight is 261 g/mol. The molecule has 2 rings (SSSR count). The topological polar surface area (TPSA) is 55.4 Å². The largest absolute Gasteiger partial charge is 0.452 e. The van der Waals surface area contributed by atoms with Gasteiger partial charge < -0.3 is 10.1 Å². The second-order valence-corrected chi connectivity index (χ2v) is 5.06. The molecule has 0 aromatic heterocycles. The van der Waals surface area contributed by atoms with Gasteiger partial charge in [-0.3, -0.25) is 9.59 Å². The van der Waals surface area contributed by atoms with Crippen LogP contribution in [-0.2, 0) is 14.3 Å². The fourth-order valence-corrected chi connectivity index (χ4v) is 1.85. The van der Waals surface area contributed by atoms with Crippen LogP contribution < -0.4 is 5.32 Å². The second-order valence-electron chi connectivity index (χ2n) is 5.06. The molecule has 102 valence electrons. The summed E-state index contributed by atoms with van der Waals surface area (Å²) in [5.41, 5.74) is 1.84. The van der Waals surface area contributed by atoms with E-state index in [9.17, 15) is 9.59 Å². The Balaban J connectivity index is 1.84. The fourth-order valence-electron chi connectivity index (χ4n) is 1.85. The standard InChI is InChI=1S/C15H19NO3/c1-10-6-8-13(9-7-10)16-14(17)11(2)19-15(18)12-4-3-5-12/h6-9,11-12H,3-5H2,1-2H3,(H,16,17)/t11-/m1/s1. The minimum atomic E-state index is -0.755. The first-order chi connectivity index (χ1) is 9.06. The van der Waals surface area contributed by atoms with Crippen molar-refractivity contribution in [2.75, 3.05) is 5.32 Å². The van der Waals surface area contributed by atoms with E-state index >= 15 is 0 Å². The number of anilines is 1. The molecular weight excluding hydrogens is 242 g/mol. The van der Waals surface area contributed by atoms with Gasteiger partial charge in [0.2, 0.25) is 0 Å². The van der Waals surface area contributed by atoms with E-state index < -0.39 is 6.10 Å². The SMILES string of the molecule is Cc1ccc(NC(=O)[C@@H](C)OC(=O)C2CCC2)cc1. The molecule has 1 aliphatic rings. The Morgan fingerprint density at radius 2 is 1.89 bits per heavy atom. The Kier molecular flexibility index (Phi) is 4.20. The first kappa shape index (κ1) is 13.6. The first-order valence-corrected chi connectivity index (χ1v) is 6.64. The zero-order chi connectivity index (χ0) is 13.8. The van der Waals surface area contributed by atoms with Gasteiger partial charge in [-0.25, -0.2) is 0 Å². The van der Waals surface area contributed by atoms with Crippen molar-refractivity contribution in [1.29, 1.82) is 0 Å². The predicted molar refractivity (Wildman–Crippen MR) is 72.7 cm³/mol. The van der Waals surface area contributed by atoms with Crippen molar-refractivity contribution in [1.82, 2.24) is 0 Å². The third-order valence-electron chi connectivity index (χ3n) is 3.42. The molecule has 0 spiro atoms. The highest BCUT2D eigenvalue weighted by Gasteiger charge is 2.29. The molecule has 0 heterocycles. The summed E-state index contributed by atoms with van der Waals surface area (Å²) in [6, 6.07) is 7.49. The van der Waals surface area contributed by atoms with E-state index in [4.69, 9.17) is 4.74 Å². The maximum atomic E-state index is 11.9. The molecule has 4 nitrogen and oxygen atoms in total. The molecule has 1 amide bonds. The highest BCUT2D eigenvalue weighted by atomic mass is 16.5. The molecule has 1 aromatic carbocycles. The molecular formula is C15H19NO3. The van der Waals surface area contributed by atoms with Crippen molar-refractivity contribution in [3.05, 3.63) is 29.8 Å². The summed E-state index contributed by atoms with van der Waals surface area (Å²) >= 11 is 0. The summed E-state index contributed by atoms with van der Waals surface area (Å²) in [5, 5.41) is 2.73. The van der Waals surface area contributed by atoms with Crippen LogP contribution in [0, 0.1) is 12.8 Å². The smallest absolute Gasteiger partial charge is 0.309 e. The lowest BCUT2D eigenvalue weighted by atomic mass is 9.86. The molecule has 0 radical (unpaired) electrons. The summed E-state index contributed by atoms with van der Waals surface area (Å²) in [7, 11) is 0. The number of aryl methyl sites for hydroxylation is 1. The van der Waals surface area contributed by atoms with Gasteiger partial charge in [0.05, 0.1) is 5.92 Å². The number of ether oxygens (including phenoxy) is 1. The van der Waals surface area contributed by atoms with Gasteiger partial charge in [-0.2, -0.15) is 0 Å². The molecule has 0 saturated heterocycles. The van der Waals surface area contributed by atoms with Gasteiger partial charge in [0, 0.05) is 5.69 Å². The Morgan fingerprint density at radius 3 is 2.42 bits per heavy atom. The van der Waals surface area contributed by atoms with Gasteiger partial charge in [-0.15, -0.1) is 0 Å². The summed E-state index contributed by atoms with van der Waals surface area (Å²) in [5.74, 6) is -0.552. The van der Waals surface area contributed by atoms with Crippen LogP contribution in [0.2, 0.25) is 0 Å². The van der Waals surface area contributed by atoms with Crippen LogP contribution in [0.25, 0.3) is 0 Å². The number of carbonyl (C=O) groups excluding carboxylic acids is 2. The zero-order valence-electron chi connectivity index (χ0n) is 11.3. The monoisotopic (exact) mass is 261 g/mol. The van der Waals surface area contributed by atoms with E-state index in [0.717, 1.165) is 24.8 Å². The Morgan fingerprint density at radius 1 is 1.26 bits per heavy atom. The lowest BCUT2D eigenvalue weighted by molar-refractivity contribution is -0.159. The number of hydrogen-bond acceptors (Lipinski definition) is 3. The van der Waals surface area contributed by atoms with Crippen molar-refractivity contribution >= 4 is 17.6 Å². The van der Waals surface area contributed by atoms with Gasteiger partial charge in [-0.1, -0.05) is 24.1 Å². The Bertz CT molecular complexity index is 463. The zero-order valence-corrected chi connectivity index (χ0v) is 11.3. The highest BCUT2D eigenvalue weighted by Crippen LogP contribution is 2.27. The van der Waals surface area contributed by atoms with Crippen molar-refractivity contribution in [2.45, 2.75) is 39.2 Å². The molecule has 0 aliphatic heterocycles. The van der Waals surface area contributed by atoms with Crippen LogP contribution in [0.1, 0.15) is 31.7 Å². The summed E-state index contributed by atoms with van der Waals surface area (Å²) in [4.78, 5) is 23.5. The number of esters is 1. The molecule has 1 aliphatic carbocycles. The third kappa shape index (κ3) is 3.56. The summed E-state index contributed by atoms with van der Waals surface area (Å²) in [6.45, 7) is 3.58. The van der Waals surface area contributed by atoms with Crippen LogP contribution >= 0.6 is 0 Å². The Labute approximate surface area is 113 Å². The van der Waals surface area contributed by atoms with Crippen LogP contribution in [-0.4, -0.2) is 18.0 Å². The fraction of sp³-hybridized carbons (Fsp3) is 0.467. The van der Waals surface area contributed by atoms with Gasteiger partial charge in [-0.05, 0) is 38.8 Å². The molecule has 1 aromatic rings. The van der Waals surface area contributed by atoms with Crippen molar-refractivity contribution < 1.29 is 14.3 Å². The molecule has 4 heteroatoms. The minimum Gasteiger partial charge on any atom is -0.452 e. The molecule has 1 atom stereocenters. The average Bonchev–Trinajstić information content (AvgIpc) is 2.29. The molecule has 1 saturated carbocycles. The highest BCUT2D eigenvalue weighted by molar-refractivity contribution is 5.95. The number of amides is 1. The van der Waals surface area contributed by atoms with Gasteiger partial charge in [0.1, 0.15) is 0 Å². The van der Waals surface area contributed by atoms with E-state index in [0.29, 0.717) is 5.69 Å². The van der Waals surface area contributed by atoms with Crippen molar-refractivity contribution in [3.63, 3.8) is 0 Å². The minimum absolute atomic E-state index is 0.00498. The molecule has 1 fully saturated rings. The predicted octanol–water partition coefficient (Wildman–Crippen LogP) is 2.67. The number of carbonyl (C=O) groups is 2. The van der Waals surface area contributed by atoms with Crippen LogP contribution in [0.5, 0.6) is 0 Å². The van der Waals surface area contributed by atoms with Gasteiger partial charge >= 0.3 is 5.97 Å². The normalized spacial score (nSPS) is 16.3. The van der Waals surface area contributed by atoms with Crippen molar-refractivity contribution in [3.8, 4) is 0 Å². The van der Waals surface area contributed by atoms with Crippen LogP contribution in [0.4, 0.5) is 5.69 Å². The number of benzene rings is 1. The van der Waals surface area contributed by atoms with E-state index in [1.807, 2.05) is 31.2 Å². The van der Waals surface area contributed by atoms with Crippen molar-refractivity contribution in [2.24, 2.45) is 5.92 Å². The number of rotatable bonds is 4. The molecule has 19 heavy (non-hydrogen) atoms. The van der Waals surface area contributed by atoms with E-state index in [1.54, 1.807) is 6.92 Å². The molecule has 0 bridgehead atoms. The number of hydrogen-bond donors (Lipinski definition) is 1. The number of nitrogens with one attached hydrogen (secondary N) is 1. The van der Waals surface area contributed by atoms with E-state index in [2.05, 4.69) is 5.32 Å².